The summed E-state index contributed by atoms with van der Waals surface area (Å²) in [5, 5.41) is 0. The quantitative estimate of drug-likeness (QED) is 0.791. The highest BCUT2D eigenvalue weighted by Crippen LogP contribution is 2.14. The van der Waals surface area contributed by atoms with Gasteiger partial charge < -0.3 is 9.47 Å². The van der Waals surface area contributed by atoms with Crippen LogP contribution in [0.4, 0.5) is 0 Å². The first-order valence-electron chi connectivity index (χ1n) is 7.96. The van der Waals surface area contributed by atoms with Crippen molar-refractivity contribution in [1.29, 1.82) is 0 Å². The lowest BCUT2D eigenvalue weighted by molar-refractivity contribution is -0.121. The van der Waals surface area contributed by atoms with Crippen LogP contribution >= 0.6 is 0 Å². The van der Waals surface area contributed by atoms with Crippen LogP contribution in [-0.4, -0.2) is 25.0 Å². The molecule has 2 aromatic carbocycles. The standard InChI is InChI=1S/C19H22N2O4/c1-13(2)25-17-10-6-15(7-11-17)19(23)21-20-18(22)12-14-4-8-16(24-3)9-5-14/h4-11,13H,12H2,1-3H3,(H,20,22)(H,21,23). The first-order chi connectivity index (χ1) is 12.0. The van der Waals surface area contributed by atoms with Crippen LogP contribution in [0.5, 0.6) is 11.5 Å². The molecule has 0 aliphatic heterocycles. The van der Waals surface area contributed by atoms with E-state index in [9.17, 15) is 9.59 Å². The van der Waals surface area contributed by atoms with E-state index < -0.39 is 0 Å². The zero-order chi connectivity index (χ0) is 18.2. The molecule has 0 bridgehead atoms. The van der Waals surface area contributed by atoms with Gasteiger partial charge in [-0.15, -0.1) is 0 Å². The van der Waals surface area contributed by atoms with Gasteiger partial charge >= 0.3 is 0 Å². The van der Waals surface area contributed by atoms with Gasteiger partial charge in [-0.25, -0.2) is 0 Å². The Kier molecular flexibility index (Phi) is 6.39. The Morgan fingerprint density at radius 1 is 0.920 bits per heavy atom. The minimum absolute atomic E-state index is 0.0666. The zero-order valence-corrected chi connectivity index (χ0v) is 14.5. The molecule has 0 saturated carbocycles. The third-order valence-corrected chi connectivity index (χ3v) is 3.33. The highest BCUT2D eigenvalue weighted by Gasteiger charge is 2.09. The Hall–Kier alpha value is -3.02. The summed E-state index contributed by atoms with van der Waals surface area (Å²) >= 11 is 0. The van der Waals surface area contributed by atoms with Gasteiger partial charge in [0, 0.05) is 5.56 Å². The number of hydrogen-bond donors (Lipinski definition) is 2. The lowest BCUT2D eigenvalue weighted by atomic mass is 10.1. The number of ether oxygens (including phenoxy) is 2. The summed E-state index contributed by atoms with van der Waals surface area (Å²) < 4.78 is 10.6. The van der Waals surface area contributed by atoms with Gasteiger partial charge in [0.25, 0.3) is 5.91 Å². The molecule has 6 heteroatoms. The van der Waals surface area contributed by atoms with Crippen molar-refractivity contribution in [2.45, 2.75) is 26.4 Å². The van der Waals surface area contributed by atoms with Crippen molar-refractivity contribution in [2.75, 3.05) is 7.11 Å². The minimum atomic E-state index is -0.390. The number of hydrazine groups is 1. The van der Waals surface area contributed by atoms with Crippen molar-refractivity contribution in [1.82, 2.24) is 10.9 Å². The minimum Gasteiger partial charge on any atom is -0.497 e. The fourth-order valence-electron chi connectivity index (χ4n) is 2.13. The normalized spacial score (nSPS) is 10.2. The monoisotopic (exact) mass is 342 g/mol. The predicted molar refractivity (Wildman–Crippen MR) is 94.5 cm³/mol. The van der Waals surface area contributed by atoms with Crippen LogP contribution in [0.1, 0.15) is 29.8 Å². The largest absolute Gasteiger partial charge is 0.497 e. The molecule has 0 fully saturated rings. The molecule has 0 heterocycles. The van der Waals surface area contributed by atoms with Crippen LogP contribution in [0, 0.1) is 0 Å². The lowest BCUT2D eigenvalue weighted by Crippen LogP contribution is -2.42. The van der Waals surface area contributed by atoms with Gasteiger partial charge in [0.05, 0.1) is 19.6 Å². The molecule has 0 unspecified atom stereocenters. The summed E-state index contributed by atoms with van der Waals surface area (Å²) in [7, 11) is 1.58. The summed E-state index contributed by atoms with van der Waals surface area (Å²) in [6.07, 6.45) is 0.225. The number of nitrogens with one attached hydrogen (secondary N) is 2. The molecular formula is C19H22N2O4. The Labute approximate surface area is 147 Å². The maximum Gasteiger partial charge on any atom is 0.269 e. The van der Waals surface area contributed by atoms with Crippen molar-refractivity contribution in [3.8, 4) is 11.5 Å². The summed E-state index contributed by atoms with van der Waals surface area (Å²) in [5.74, 6) is 0.718. The summed E-state index contributed by atoms with van der Waals surface area (Å²) in [6, 6.07) is 13.9. The van der Waals surface area contributed by atoms with Crippen LogP contribution < -0.4 is 20.3 Å². The number of carbonyl (C=O) groups is 2. The van der Waals surface area contributed by atoms with Gasteiger partial charge in [-0.1, -0.05) is 12.1 Å². The third-order valence-electron chi connectivity index (χ3n) is 3.33. The third kappa shape index (κ3) is 5.84. The number of amides is 2. The first kappa shape index (κ1) is 18.3. The Morgan fingerprint density at radius 3 is 2.08 bits per heavy atom. The molecule has 6 nitrogen and oxygen atoms in total. The van der Waals surface area contributed by atoms with E-state index in [0.717, 1.165) is 11.3 Å². The summed E-state index contributed by atoms with van der Waals surface area (Å²) in [5.41, 5.74) is 6.05. The molecule has 2 amide bonds. The smallest absolute Gasteiger partial charge is 0.269 e. The van der Waals surface area contributed by atoms with Crippen LogP contribution in [0.3, 0.4) is 0 Å². The SMILES string of the molecule is COc1ccc(CC(=O)NNC(=O)c2ccc(OC(C)C)cc2)cc1. The first-order valence-corrected chi connectivity index (χ1v) is 7.96. The number of rotatable bonds is 6. The van der Waals surface area contributed by atoms with Gasteiger partial charge in [0.1, 0.15) is 11.5 Å². The van der Waals surface area contributed by atoms with E-state index in [-0.39, 0.29) is 24.3 Å². The molecular weight excluding hydrogens is 320 g/mol. The highest BCUT2D eigenvalue weighted by atomic mass is 16.5. The molecule has 0 saturated heterocycles. The fourth-order valence-corrected chi connectivity index (χ4v) is 2.13. The number of hydrogen-bond acceptors (Lipinski definition) is 4. The molecule has 25 heavy (non-hydrogen) atoms. The molecule has 2 N–H and O–H groups in total. The molecule has 132 valence electrons. The van der Waals surface area contributed by atoms with Gasteiger partial charge in [0.2, 0.25) is 5.91 Å². The molecule has 0 spiro atoms. The van der Waals surface area contributed by atoms with E-state index in [1.807, 2.05) is 13.8 Å². The Balaban J connectivity index is 1.83. The van der Waals surface area contributed by atoms with Crippen LogP contribution in [0.25, 0.3) is 0 Å². The predicted octanol–water partition coefficient (Wildman–Crippen LogP) is 2.49. The van der Waals surface area contributed by atoms with E-state index in [0.29, 0.717) is 11.3 Å². The van der Waals surface area contributed by atoms with Crippen molar-refractivity contribution < 1.29 is 19.1 Å². The maximum absolute atomic E-state index is 12.0. The Morgan fingerprint density at radius 2 is 1.52 bits per heavy atom. The topological polar surface area (TPSA) is 76.7 Å². The van der Waals surface area contributed by atoms with Crippen molar-refractivity contribution in [2.24, 2.45) is 0 Å². The van der Waals surface area contributed by atoms with Gasteiger partial charge in [-0.2, -0.15) is 0 Å². The molecule has 0 aliphatic carbocycles. The van der Waals surface area contributed by atoms with Gasteiger partial charge in [-0.3, -0.25) is 20.4 Å². The second kappa shape index (κ2) is 8.73. The zero-order valence-electron chi connectivity index (χ0n) is 14.5. The van der Waals surface area contributed by atoms with Crippen LogP contribution in [-0.2, 0) is 11.2 Å². The second-order valence-electron chi connectivity index (χ2n) is 5.72. The lowest BCUT2D eigenvalue weighted by Gasteiger charge is -2.11. The molecule has 2 aromatic rings. The van der Waals surface area contributed by atoms with Crippen molar-refractivity contribution in [3.63, 3.8) is 0 Å². The fraction of sp³-hybridized carbons (Fsp3) is 0.263. The average Bonchev–Trinajstić information content (AvgIpc) is 2.60. The van der Waals surface area contributed by atoms with Gasteiger partial charge in [0.15, 0.2) is 0 Å². The number of methoxy groups -OCH3 is 1. The van der Waals surface area contributed by atoms with E-state index in [2.05, 4.69) is 10.9 Å². The number of carbonyl (C=O) groups excluding carboxylic acids is 2. The van der Waals surface area contributed by atoms with E-state index in [1.165, 1.54) is 0 Å². The highest BCUT2D eigenvalue weighted by molar-refractivity contribution is 5.95. The van der Waals surface area contributed by atoms with E-state index in [1.54, 1.807) is 55.6 Å². The maximum atomic E-state index is 12.0. The second-order valence-corrected chi connectivity index (χ2v) is 5.72. The van der Waals surface area contributed by atoms with Gasteiger partial charge in [-0.05, 0) is 55.8 Å². The average molecular weight is 342 g/mol. The van der Waals surface area contributed by atoms with Crippen LogP contribution in [0.15, 0.2) is 48.5 Å². The molecule has 2 rings (SSSR count). The molecule has 0 aliphatic rings. The Bertz CT molecular complexity index is 709. The summed E-state index contributed by atoms with van der Waals surface area (Å²) in [6.45, 7) is 3.86. The van der Waals surface area contributed by atoms with E-state index in [4.69, 9.17) is 9.47 Å². The van der Waals surface area contributed by atoms with Crippen LogP contribution in [0.2, 0.25) is 0 Å². The summed E-state index contributed by atoms with van der Waals surface area (Å²) in [4.78, 5) is 23.9. The molecule has 0 atom stereocenters. The number of benzene rings is 2. The van der Waals surface area contributed by atoms with E-state index >= 15 is 0 Å². The van der Waals surface area contributed by atoms with Crippen molar-refractivity contribution in [3.05, 3.63) is 59.7 Å². The molecule has 0 aromatic heterocycles. The molecule has 0 radical (unpaired) electrons. The van der Waals surface area contributed by atoms with Crippen molar-refractivity contribution >= 4 is 11.8 Å².